The average molecular weight is 449 g/mol. The number of hydrogen-bond donors (Lipinski definition) is 2. The van der Waals surface area contributed by atoms with Crippen LogP contribution in [0.5, 0.6) is 0 Å². The van der Waals surface area contributed by atoms with Crippen LogP contribution in [-0.2, 0) is 28.6 Å². The summed E-state index contributed by atoms with van der Waals surface area (Å²) in [4.78, 5) is 48.0. The van der Waals surface area contributed by atoms with Gasteiger partial charge < -0.3 is 19.5 Å². The van der Waals surface area contributed by atoms with Gasteiger partial charge >= 0.3 is 11.9 Å². The van der Waals surface area contributed by atoms with Crippen molar-refractivity contribution < 1.29 is 28.6 Å². The Kier molecular flexibility index (Phi) is 6.91. The molecule has 0 bridgehead atoms. The van der Waals surface area contributed by atoms with E-state index in [1.807, 2.05) is 0 Å². The molecule has 0 aliphatic carbocycles. The van der Waals surface area contributed by atoms with Crippen LogP contribution in [0.3, 0.4) is 0 Å². The first-order valence-electron chi connectivity index (χ1n) is 9.50. The molecular weight excluding hydrogens is 426 g/mol. The first-order valence-corrected chi connectivity index (χ1v) is 10.1. The van der Waals surface area contributed by atoms with E-state index in [9.17, 15) is 14.4 Å². The summed E-state index contributed by atoms with van der Waals surface area (Å²) in [5, 5.41) is 2.62. The van der Waals surface area contributed by atoms with Gasteiger partial charge in [0, 0.05) is 26.5 Å². The predicted octanol–water partition coefficient (Wildman–Crippen LogP) is 1.51. The maximum Gasteiger partial charge on any atom is 0.303 e. The number of esters is 2. The number of nitrogens with zero attached hydrogens (tertiary/aromatic N) is 4. The van der Waals surface area contributed by atoms with Crippen LogP contribution in [0.4, 0.5) is 5.82 Å². The topological polar surface area (TPSA) is 135 Å². The zero-order chi connectivity index (χ0) is 22.7. The number of rotatable bonds is 6. The minimum absolute atomic E-state index is 0.212. The van der Waals surface area contributed by atoms with Crippen molar-refractivity contribution in [3.8, 4) is 0 Å². The number of carbonyl (C=O) groups excluding carboxylic acids is 3. The molecule has 2 aromatic heterocycles. The van der Waals surface area contributed by atoms with Crippen LogP contribution in [0.25, 0.3) is 17.2 Å². The molecule has 3 heterocycles. The van der Waals surface area contributed by atoms with E-state index in [-0.39, 0.29) is 17.5 Å². The van der Waals surface area contributed by atoms with Crippen LogP contribution >= 0.6 is 12.6 Å². The fourth-order valence-corrected chi connectivity index (χ4v) is 3.71. The van der Waals surface area contributed by atoms with Crippen LogP contribution in [0.1, 0.15) is 39.7 Å². The van der Waals surface area contributed by atoms with Crippen molar-refractivity contribution in [2.24, 2.45) is 0 Å². The van der Waals surface area contributed by atoms with Crippen LogP contribution in [-0.4, -0.2) is 61.4 Å². The third-order valence-electron chi connectivity index (χ3n) is 4.44. The van der Waals surface area contributed by atoms with Crippen molar-refractivity contribution >= 4 is 53.5 Å². The molecule has 12 heteroatoms. The van der Waals surface area contributed by atoms with Crippen molar-refractivity contribution in [3.63, 3.8) is 0 Å². The number of fused-ring (bicyclic) bond motifs is 1. The van der Waals surface area contributed by atoms with Crippen molar-refractivity contribution in [3.05, 3.63) is 18.2 Å². The molecule has 0 saturated carbocycles. The molecule has 0 spiro atoms. The summed E-state index contributed by atoms with van der Waals surface area (Å²) in [6.45, 7) is 5.68. The van der Waals surface area contributed by atoms with Crippen molar-refractivity contribution in [1.82, 2.24) is 19.5 Å². The normalized spacial score (nSPS) is 23.3. The lowest BCUT2D eigenvalue weighted by atomic mass is 10.1. The van der Waals surface area contributed by atoms with E-state index in [4.69, 9.17) is 14.2 Å². The van der Waals surface area contributed by atoms with Gasteiger partial charge in [0.1, 0.15) is 18.3 Å². The van der Waals surface area contributed by atoms with E-state index >= 15 is 0 Å². The van der Waals surface area contributed by atoms with Gasteiger partial charge in [0.15, 0.2) is 35.4 Å². The van der Waals surface area contributed by atoms with Gasteiger partial charge in [-0.2, -0.15) is 12.6 Å². The Morgan fingerprint density at radius 2 is 1.87 bits per heavy atom. The monoisotopic (exact) mass is 449 g/mol. The quantitative estimate of drug-likeness (QED) is 0.497. The highest BCUT2D eigenvalue weighted by molar-refractivity contribution is 7.80. The fraction of sp³-hybridized carbons (Fsp3) is 0.474. The maximum atomic E-state index is 11.8. The van der Waals surface area contributed by atoms with Crippen molar-refractivity contribution in [2.75, 3.05) is 11.1 Å². The smallest absolute Gasteiger partial charge is 0.303 e. The molecule has 3 rings (SSSR count). The molecule has 1 saturated heterocycles. The molecule has 11 nitrogen and oxygen atoms in total. The minimum atomic E-state index is -0.973. The summed E-state index contributed by atoms with van der Waals surface area (Å²) in [5.74, 6) is -0.565. The Hall–Kier alpha value is -2.99. The van der Waals surface area contributed by atoms with Gasteiger partial charge in [0.2, 0.25) is 5.91 Å². The molecular formula is C19H23N5O6S. The largest absolute Gasteiger partial charge is 0.456 e. The van der Waals surface area contributed by atoms with E-state index in [1.165, 1.54) is 27.1 Å². The Morgan fingerprint density at radius 1 is 1.19 bits per heavy atom. The van der Waals surface area contributed by atoms with Gasteiger partial charge in [-0.25, -0.2) is 15.0 Å². The van der Waals surface area contributed by atoms with Crippen molar-refractivity contribution in [2.45, 2.75) is 52.2 Å². The summed E-state index contributed by atoms with van der Waals surface area (Å²) in [5.41, 5.74) is 0.671. The Bertz CT molecular complexity index is 1040. The highest BCUT2D eigenvalue weighted by atomic mass is 32.1. The molecule has 4 atom stereocenters. The zero-order valence-corrected chi connectivity index (χ0v) is 18.3. The van der Waals surface area contributed by atoms with E-state index < -0.39 is 36.5 Å². The number of imidazole rings is 1. The number of carbonyl (C=O) groups is 3. The van der Waals surface area contributed by atoms with E-state index in [2.05, 4.69) is 32.9 Å². The van der Waals surface area contributed by atoms with Crippen LogP contribution in [0, 0.1) is 0 Å². The van der Waals surface area contributed by atoms with Gasteiger partial charge in [-0.1, -0.05) is 6.08 Å². The van der Waals surface area contributed by atoms with Crippen LogP contribution in [0.15, 0.2) is 12.4 Å². The maximum absolute atomic E-state index is 11.8. The highest BCUT2D eigenvalue weighted by Crippen LogP contribution is 2.38. The van der Waals surface area contributed by atoms with Crippen LogP contribution in [0.2, 0.25) is 0 Å². The molecule has 1 aliphatic heterocycles. The fourth-order valence-electron chi connectivity index (χ4n) is 3.42. The molecule has 166 valence electrons. The second-order valence-corrected chi connectivity index (χ2v) is 7.18. The van der Waals surface area contributed by atoms with E-state index in [1.54, 1.807) is 23.6 Å². The van der Waals surface area contributed by atoms with E-state index in [0.717, 1.165) is 0 Å². The lowest BCUT2D eigenvalue weighted by Crippen LogP contribution is -2.39. The van der Waals surface area contributed by atoms with Gasteiger partial charge in [-0.15, -0.1) is 0 Å². The number of anilines is 1. The highest BCUT2D eigenvalue weighted by Gasteiger charge is 2.50. The Balaban J connectivity index is 2.19. The summed E-state index contributed by atoms with van der Waals surface area (Å²) in [7, 11) is 0. The van der Waals surface area contributed by atoms with Crippen LogP contribution < -0.4 is 5.32 Å². The second-order valence-electron chi connectivity index (χ2n) is 6.81. The van der Waals surface area contributed by atoms with Gasteiger partial charge in [0.05, 0.1) is 0 Å². The SMILES string of the molecule is CC=Cc1nc2c(NC(C)=O)ncnc2n1[C@@H]1O[C@H](CS)[C@@H](OC(C)=O)[C@H]1OC(C)=O. The molecule has 0 radical (unpaired) electrons. The van der Waals surface area contributed by atoms with E-state index in [0.29, 0.717) is 17.0 Å². The Morgan fingerprint density at radius 3 is 2.45 bits per heavy atom. The molecule has 0 unspecified atom stereocenters. The molecule has 1 amide bonds. The predicted molar refractivity (Wildman–Crippen MR) is 113 cm³/mol. The third kappa shape index (κ3) is 4.69. The number of hydrogen-bond acceptors (Lipinski definition) is 10. The van der Waals surface area contributed by atoms with Gasteiger partial charge in [-0.05, 0) is 13.0 Å². The second kappa shape index (κ2) is 9.43. The number of allylic oxidation sites excluding steroid dienone is 1. The molecule has 2 aromatic rings. The molecule has 1 aliphatic rings. The summed E-state index contributed by atoms with van der Waals surface area (Å²) >= 11 is 4.29. The molecule has 1 fully saturated rings. The number of thiol groups is 1. The third-order valence-corrected chi connectivity index (χ3v) is 4.80. The van der Waals surface area contributed by atoms with Crippen molar-refractivity contribution in [1.29, 1.82) is 0 Å². The number of ether oxygens (including phenoxy) is 3. The first kappa shape index (κ1) is 22.7. The lowest BCUT2D eigenvalue weighted by Gasteiger charge is -2.24. The summed E-state index contributed by atoms with van der Waals surface area (Å²) in [6.07, 6.45) is 1.34. The number of aromatic nitrogens is 4. The first-order chi connectivity index (χ1) is 14.8. The molecule has 1 N–H and O–H groups in total. The molecule has 0 aromatic carbocycles. The Labute approximate surface area is 183 Å². The summed E-state index contributed by atoms with van der Waals surface area (Å²) < 4.78 is 18.7. The minimum Gasteiger partial charge on any atom is -0.456 e. The zero-order valence-electron chi connectivity index (χ0n) is 17.4. The average Bonchev–Trinajstić information content (AvgIpc) is 3.20. The van der Waals surface area contributed by atoms with Gasteiger partial charge in [0.25, 0.3) is 0 Å². The lowest BCUT2D eigenvalue weighted by molar-refractivity contribution is -0.165. The van der Waals surface area contributed by atoms with Gasteiger partial charge in [-0.3, -0.25) is 19.0 Å². The number of amides is 1. The molecule has 31 heavy (non-hydrogen) atoms. The standard InChI is InChI=1S/C19H23N5O6S/c1-5-6-13-23-14-17(22-9(2)25)20-8-21-18(14)24(13)19-16(29-11(4)27)15(28-10(3)26)12(7-31)30-19/h5-6,8,12,15-16,19,31H,7H2,1-4H3,(H,20,21,22,25)/t12-,15-,16-,19-/m1/s1. The summed E-state index contributed by atoms with van der Waals surface area (Å²) in [6, 6.07) is 0. The number of nitrogens with one attached hydrogen (secondary N) is 1.